The second-order valence-electron chi connectivity index (χ2n) is 9.34. The minimum Gasteiger partial charge on any atom is -0.490 e. The number of hydrogen-bond acceptors (Lipinski definition) is 8. The number of benzene rings is 2. The molecule has 0 bridgehead atoms. The van der Waals surface area contributed by atoms with E-state index in [0.717, 1.165) is 17.1 Å². The van der Waals surface area contributed by atoms with Crippen LogP contribution in [0.25, 0.3) is 5.69 Å². The van der Waals surface area contributed by atoms with E-state index in [4.69, 9.17) is 35.0 Å². The molecular weight excluding hydrogens is 642 g/mol. The topological polar surface area (TPSA) is 114 Å². The molecule has 0 spiro atoms. The average molecular weight is 673 g/mol. The van der Waals surface area contributed by atoms with Gasteiger partial charge in [0.2, 0.25) is 0 Å². The molecule has 1 N–H and O–H groups in total. The summed E-state index contributed by atoms with van der Waals surface area (Å²) in [5.74, 6) is 0.554. The first-order valence-electron chi connectivity index (χ1n) is 13.3. The smallest absolute Gasteiger partial charge is 0.346 e. The Hall–Kier alpha value is -4.22. The van der Waals surface area contributed by atoms with Crippen LogP contribution in [0.1, 0.15) is 47.1 Å². The molecule has 226 valence electrons. The van der Waals surface area contributed by atoms with Crippen LogP contribution in [0.15, 0.2) is 68.6 Å². The Morgan fingerprint density at radius 1 is 1.09 bits per heavy atom. The summed E-state index contributed by atoms with van der Waals surface area (Å²) >= 11 is 9.92. The minimum atomic E-state index is -0.916. The van der Waals surface area contributed by atoms with Crippen molar-refractivity contribution in [3.05, 3.63) is 92.6 Å². The zero-order valence-corrected chi connectivity index (χ0v) is 26.6. The Morgan fingerprint density at radius 3 is 2.44 bits per heavy atom. The number of hydrogen-bond donors (Lipinski definition) is 1. The van der Waals surface area contributed by atoms with Gasteiger partial charge in [0.1, 0.15) is 23.1 Å². The Balaban J connectivity index is 1.37. The second kappa shape index (κ2) is 14.3. The molecule has 0 fully saturated rings. The molecule has 43 heavy (non-hydrogen) atoms. The number of nitrogens with one attached hydrogen (secondary N) is 1. The van der Waals surface area contributed by atoms with Gasteiger partial charge in [0, 0.05) is 27.1 Å². The van der Waals surface area contributed by atoms with Crippen LogP contribution in [-0.2, 0) is 16.1 Å². The number of aryl methyl sites for hydroxylation is 2. The normalized spacial score (nSPS) is 11.8. The van der Waals surface area contributed by atoms with Gasteiger partial charge >= 0.3 is 11.9 Å². The minimum absolute atomic E-state index is 0.0669. The first kappa shape index (κ1) is 31.7. The van der Waals surface area contributed by atoms with Crippen molar-refractivity contribution >= 4 is 45.6 Å². The standard InChI is InChI=1S/C31H31BrClN3O7/c1-6-40-26-15-21(27(32)28(33)29(26)42-20(4)31(38)39-5)16-34-35-30(37)25-14-13-24(43-25)17-41-23-11-9-22(10-12-23)36-18(2)7-8-19(36)3/h7-16,20H,6,17H2,1-5H3,(H,35,37)/b34-16+/t20-/m1/s1. The third-order valence-electron chi connectivity index (χ3n) is 6.29. The number of methoxy groups -OCH3 is 1. The quantitative estimate of drug-likeness (QED) is 0.100. The van der Waals surface area contributed by atoms with Crippen molar-refractivity contribution in [1.82, 2.24) is 9.99 Å². The summed E-state index contributed by atoms with van der Waals surface area (Å²) in [5, 5.41) is 4.18. The fraction of sp³-hybridized carbons (Fsp3) is 0.258. The van der Waals surface area contributed by atoms with Crippen LogP contribution in [0.5, 0.6) is 17.2 Å². The third kappa shape index (κ3) is 7.60. The maximum atomic E-state index is 12.6. The molecule has 0 aliphatic carbocycles. The molecule has 12 heteroatoms. The van der Waals surface area contributed by atoms with Gasteiger partial charge in [0.05, 0.1) is 19.9 Å². The molecule has 0 saturated heterocycles. The highest BCUT2D eigenvalue weighted by atomic mass is 79.9. The second-order valence-corrected chi connectivity index (χ2v) is 10.5. The zero-order chi connectivity index (χ0) is 31.1. The number of carbonyl (C=O) groups is 2. The van der Waals surface area contributed by atoms with Crippen molar-refractivity contribution in [2.75, 3.05) is 13.7 Å². The summed E-state index contributed by atoms with van der Waals surface area (Å²) in [7, 11) is 1.26. The van der Waals surface area contributed by atoms with Crippen molar-refractivity contribution in [2.45, 2.75) is 40.4 Å². The van der Waals surface area contributed by atoms with Crippen LogP contribution < -0.4 is 19.6 Å². The van der Waals surface area contributed by atoms with E-state index in [-0.39, 0.29) is 23.1 Å². The molecule has 4 rings (SSSR count). The van der Waals surface area contributed by atoms with Gasteiger partial charge in [-0.05, 0) is 98.2 Å². The summed E-state index contributed by atoms with van der Waals surface area (Å²) in [6.45, 7) is 7.91. The molecule has 0 aliphatic heterocycles. The van der Waals surface area contributed by atoms with Gasteiger partial charge in [0.15, 0.2) is 23.4 Å². The summed E-state index contributed by atoms with van der Waals surface area (Å²) < 4.78 is 30.1. The highest BCUT2D eigenvalue weighted by Gasteiger charge is 2.23. The predicted octanol–water partition coefficient (Wildman–Crippen LogP) is 6.78. The fourth-order valence-electron chi connectivity index (χ4n) is 4.18. The molecule has 0 unspecified atom stereocenters. The molecule has 1 atom stereocenters. The predicted molar refractivity (Wildman–Crippen MR) is 166 cm³/mol. The summed E-state index contributed by atoms with van der Waals surface area (Å²) in [6.07, 6.45) is 0.470. The number of aromatic nitrogens is 1. The van der Waals surface area contributed by atoms with Crippen molar-refractivity contribution in [3.63, 3.8) is 0 Å². The van der Waals surface area contributed by atoms with Crippen LogP contribution >= 0.6 is 27.5 Å². The van der Waals surface area contributed by atoms with Crippen LogP contribution in [0.4, 0.5) is 0 Å². The van der Waals surface area contributed by atoms with E-state index in [2.05, 4.69) is 57.0 Å². The van der Waals surface area contributed by atoms with Crippen LogP contribution in [-0.4, -0.2) is 42.5 Å². The Labute approximate surface area is 262 Å². The molecule has 1 amide bonds. The molecule has 2 heterocycles. The molecule has 0 saturated carbocycles. The van der Waals surface area contributed by atoms with Gasteiger partial charge in [-0.1, -0.05) is 11.6 Å². The molecule has 4 aromatic rings. The van der Waals surface area contributed by atoms with E-state index in [9.17, 15) is 9.59 Å². The number of halogens is 2. The number of ether oxygens (including phenoxy) is 4. The lowest BCUT2D eigenvalue weighted by Gasteiger charge is -2.18. The summed E-state index contributed by atoms with van der Waals surface area (Å²) in [6, 6.07) is 16.7. The van der Waals surface area contributed by atoms with E-state index in [1.807, 2.05) is 24.3 Å². The number of rotatable bonds is 12. The monoisotopic (exact) mass is 671 g/mol. The van der Waals surface area contributed by atoms with Crippen molar-refractivity contribution in [2.24, 2.45) is 5.10 Å². The number of furan rings is 1. The molecule has 2 aromatic carbocycles. The number of carbonyl (C=O) groups excluding carboxylic acids is 2. The summed E-state index contributed by atoms with van der Waals surface area (Å²) in [4.78, 5) is 24.4. The molecule has 2 aromatic heterocycles. The average Bonchev–Trinajstić information content (AvgIpc) is 3.62. The van der Waals surface area contributed by atoms with Crippen molar-refractivity contribution in [1.29, 1.82) is 0 Å². The van der Waals surface area contributed by atoms with Crippen molar-refractivity contribution < 1.29 is 33.0 Å². The molecule has 10 nitrogen and oxygen atoms in total. The number of amides is 1. The number of esters is 1. The summed E-state index contributed by atoms with van der Waals surface area (Å²) in [5.41, 5.74) is 6.27. The van der Waals surface area contributed by atoms with Gasteiger partial charge in [-0.15, -0.1) is 0 Å². The first-order valence-corrected chi connectivity index (χ1v) is 14.5. The molecule has 0 radical (unpaired) electrons. The maximum Gasteiger partial charge on any atom is 0.346 e. The van der Waals surface area contributed by atoms with Crippen LogP contribution in [0, 0.1) is 13.8 Å². The SMILES string of the molecule is CCOc1cc(/C=N/NC(=O)c2ccc(COc3ccc(-n4c(C)ccc4C)cc3)o2)c(Br)c(Cl)c1O[C@H](C)C(=O)OC. The van der Waals surface area contributed by atoms with E-state index in [1.165, 1.54) is 20.2 Å². The fourth-order valence-corrected chi connectivity index (χ4v) is 4.82. The number of hydrazone groups is 1. The van der Waals surface area contributed by atoms with E-state index in [0.29, 0.717) is 33.9 Å². The molecular formula is C31H31BrClN3O7. The highest BCUT2D eigenvalue weighted by molar-refractivity contribution is 9.10. The van der Waals surface area contributed by atoms with Crippen molar-refractivity contribution in [3.8, 4) is 22.9 Å². The van der Waals surface area contributed by atoms with E-state index in [1.54, 1.807) is 25.1 Å². The van der Waals surface area contributed by atoms with E-state index < -0.39 is 18.0 Å². The largest absolute Gasteiger partial charge is 0.490 e. The molecule has 0 aliphatic rings. The lowest BCUT2D eigenvalue weighted by atomic mass is 10.2. The zero-order valence-electron chi connectivity index (χ0n) is 24.3. The first-order chi connectivity index (χ1) is 20.6. The Kier molecular flexibility index (Phi) is 10.5. The lowest BCUT2D eigenvalue weighted by Crippen LogP contribution is -2.25. The lowest BCUT2D eigenvalue weighted by molar-refractivity contribution is -0.147. The van der Waals surface area contributed by atoms with Gasteiger partial charge < -0.3 is 27.9 Å². The van der Waals surface area contributed by atoms with Gasteiger partial charge in [0.25, 0.3) is 0 Å². The Bertz CT molecular complexity index is 1610. The Morgan fingerprint density at radius 2 is 1.79 bits per heavy atom. The van der Waals surface area contributed by atoms with Gasteiger partial charge in [-0.25, -0.2) is 10.2 Å². The van der Waals surface area contributed by atoms with Gasteiger partial charge in [-0.2, -0.15) is 5.10 Å². The third-order valence-corrected chi connectivity index (χ3v) is 7.73. The maximum absolute atomic E-state index is 12.6. The van der Waals surface area contributed by atoms with Gasteiger partial charge in [-0.3, -0.25) is 4.79 Å². The van der Waals surface area contributed by atoms with Crippen LogP contribution in [0.3, 0.4) is 0 Å². The number of nitrogens with zero attached hydrogens (tertiary/aromatic N) is 2. The van der Waals surface area contributed by atoms with Crippen LogP contribution in [0.2, 0.25) is 5.02 Å². The van der Waals surface area contributed by atoms with E-state index >= 15 is 0 Å². The highest BCUT2D eigenvalue weighted by Crippen LogP contribution is 2.42.